The van der Waals surface area contributed by atoms with Crippen LogP contribution in [0.1, 0.15) is 45.2 Å². The monoisotopic (exact) mass is 957 g/mol. The van der Waals surface area contributed by atoms with Gasteiger partial charge in [-0.05, 0) is 75.3 Å². The van der Waals surface area contributed by atoms with E-state index in [0.717, 1.165) is 55.7 Å². The minimum Gasteiger partial charge on any atom is -0.309 e. The van der Waals surface area contributed by atoms with Gasteiger partial charge in [-0.1, -0.05) is 212 Å². The maximum absolute atomic E-state index is 5.35. The Hall–Kier alpha value is -9.98. The lowest BCUT2D eigenvalue weighted by atomic mass is 9.61. The van der Waals surface area contributed by atoms with Gasteiger partial charge in [0.2, 0.25) is 0 Å². The minimum atomic E-state index is 0.00379. The Labute approximate surface area is 433 Å². The summed E-state index contributed by atoms with van der Waals surface area (Å²) in [4.78, 5) is 31.0. The summed E-state index contributed by atoms with van der Waals surface area (Å²) in [5.41, 5.74) is 19.0. The van der Waals surface area contributed by atoms with Crippen LogP contribution in [-0.4, -0.2) is 34.5 Å². The van der Waals surface area contributed by atoms with Gasteiger partial charge >= 0.3 is 0 Å². The molecular formula is C68H43N7. The quantitative estimate of drug-likeness (QED) is 0.151. The van der Waals surface area contributed by atoms with Crippen LogP contribution >= 0.6 is 0 Å². The molecule has 0 saturated heterocycles. The van der Waals surface area contributed by atoms with Crippen molar-refractivity contribution in [3.8, 4) is 85.1 Å². The molecule has 0 saturated carbocycles. The lowest BCUT2D eigenvalue weighted by molar-refractivity contribution is 0.754. The van der Waals surface area contributed by atoms with Crippen LogP contribution in [0.2, 0.25) is 0 Å². The van der Waals surface area contributed by atoms with Crippen molar-refractivity contribution in [2.45, 2.75) is 11.8 Å². The van der Waals surface area contributed by atoms with Crippen LogP contribution < -0.4 is 0 Å². The number of aromatic nitrogens is 7. The highest BCUT2D eigenvalue weighted by molar-refractivity contribution is 6.14. The smallest absolute Gasteiger partial charge is 0.164 e. The van der Waals surface area contributed by atoms with Crippen molar-refractivity contribution in [2.24, 2.45) is 0 Å². The van der Waals surface area contributed by atoms with Gasteiger partial charge in [-0.15, -0.1) is 0 Å². The van der Waals surface area contributed by atoms with Crippen LogP contribution in [0.4, 0.5) is 0 Å². The number of hydrogen-bond acceptors (Lipinski definition) is 6. The van der Waals surface area contributed by atoms with E-state index in [0.29, 0.717) is 34.9 Å². The molecule has 13 aromatic rings. The molecule has 0 spiro atoms. The van der Waals surface area contributed by atoms with E-state index in [2.05, 4.69) is 199 Å². The van der Waals surface area contributed by atoms with Crippen LogP contribution in [0.15, 0.2) is 249 Å². The van der Waals surface area contributed by atoms with Crippen molar-refractivity contribution >= 4 is 21.8 Å². The molecule has 0 amide bonds. The Kier molecular flexibility index (Phi) is 9.88. The van der Waals surface area contributed by atoms with Gasteiger partial charge in [0.05, 0.1) is 11.0 Å². The molecule has 0 N–H and O–H groups in total. The zero-order valence-corrected chi connectivity index (χ0v) is 40.5. The fourth-order valence-electron chi connectivity index (χ4n) is 11.7. The van der Waals surface area contributed by atoms with E-state index in [1.165, 1.54) is 49.7 Å². The Morgan fingerprint density at radius 2 is 0.627 bits per heavy atom. The molecule has 3 aliphatic rings. The lowest BCUT2D eigenvalue weighted by Crippen LogP contribution is -2.27. The van der Waals surface area contributed by atoms with Crippen molar-refractivity contribution in [1.82, 2.24) is 34.5 Å². The molecule has 0 radical (unpaired) electrons. The Morgan fingerprint density at radius 1 is 0.253 bits per heavy atom. The summed E-state index contributed by atoms with van der Waals surface area (Å²) in [7, 11) is 0. The van der Waals surface area contributed by atoms with Crippen LogP contribution in [-0.2, 0) is 0 Å². The Bertz CT molecular complexity index is 4300. The topological polar surface area (TPSA) is 82.3 Å². The van der Waals surface area contributed by atoms with E-state index in [9.17, 15) is 0 Å². The molecule has 0 aliphatic heterocycles. The molecular weight excluding hydrogens is 915 g/mol. The third kappa shape index (κ3) is 7.12. The molecule has 7 heteroatoms. The standard InChI is InChI=1S/C68H43N7/c1-5-19-42(20-6-1)63-69-64(43-21-7-2-8-22-43)72-67(71-63)47-35-37-54-57(40-47)60-52-30-13-14-31-53(52)61(54)58-41-48(36-38-55(58)60)68-73-65(44-23-9-3-10-24-44)70-66(74-68)46-26-17-25-45(39-46)50-32-18-33-56-51-29-15-16-34-59(51)75(62(50)56)49-27-11-4-12-28-49/h1-41,60-61H. The first kappa shape index (κ1) is 42.7. The number of para-hydroxylation sites is 3. The normalized spacial score (nSPS) is 14.1. The largest absolute Gasteiger partial charge is 0.309 e. The molecule has 3 heterocycles. The highest BCUT2D eigenvalue weighted by Gasteiger charge is 2.41. The first-order valence-electron chi connectivity index (χ1n) is 25.4. The molecule has 7 nitrogen and oxygen atoms in total. The Morgan fingerprint density at radius 3 is 1.15 bits per heavy atom. The second-order valence-corrected chi connectivity index (χ2v) is 19.4. The molecule has 350 valence electrons. The van der Waals surface area contributed by atoms with E-state index in [4.69, 9.17) is 29.9 Å². The molecule has 75 heavy (non-hydrogen) atoms. The summed E-state index contributed by atoms with van der Waals surface area (Å²) < 4.78 is 2.39. The number of rotatable bonds is 8. The zero-order chi connectivity index (χ0) is 49.4. The fourth-order valence-corrected chi connectivity index (χ4v) is 11.7. The number of nitrogens with zero attached hydrogens (tertiary/aromatic N) is 7. The summed E-state index contributed by atoms with van der Waals surface area (Å²) in [6.07, 6.45) is 0. The first-order valence-corrected chi connectivity index (χ1v) is 25.4. The molecule has 2 atom stereocenters. The average Bonchev–Trinajstić information content (AvgIpc) is 3.85. The predicted molar refractivity (Wildman–Crippen MR) is 300 cm³/mol. The Balaban J connectivity index is 0.850. The van der Waals surface area contributed by atoms with Crippen molar-refractivity contribution in [3.63, 3.8) is 0 Å². The fraction of sp³-hybridized carbons (Fsp3) is 0.0294. The van der Waals surface area contributed by atoms with Crippen LogP contribution in [0.3, 0.4) is 0 Å². The second kappa shape index (κ2) is 17.4. The third-order valence-corrected chi connectivity index (χ3v) is 15.1. The number of benzene rings is 10. The maximum atomic E-state index is 5.35. The maximum Gasteiger partial charge on any atom is 0.164 e. The molecule has 3 aliphatic carbocycles. The van der Waals surface area contributed by atoms with E-state index in [1.54, 1.807) is 0 Å². The summed E-state index contributed by atoms with van der Waals surface area (Å²) in [5.74, 6) is 3.82. The summed E-state index contributed by atoms with van der Waals surface area (Å²) in [5, 5.41) is 2.42. The average molecular weight is 958 g/mol. The highest BCUT2D eigenvalue weighted by atomic mass is 15.0. The molecule has 0 fully saturated rings. The predicted octanol–water partition coefficient (Wildman–Crippen LogP) is 15.8. The second-order valence-electron chi connectivity index (χ2n) is 19.4. The third-order valence-electron chi connectivity index (χ3n) is 15.1. The van der Waals surface area contributed by atoms with Crippen molar-refractivity contribution in [2.75, 3.05) is 0 Å². The van der Waals surface area contributed by atoms with Gasteiger partial charge in [0.15, 0.2) is 34.9 Å². The van der Waals surface area contributed by atoms with E-state index in [-0.39, 0.29) is 11.8 Å². The van der Waals surface area contributed by atoms with Gasteiger partial charge in [-0.2, -0.15) is 0 Å². The summed E-state index contributed by atoms with van der Waals surface area (Å²) in [6.45, 7) is 0. The molecule has 16 rings (SSSR count). The molecule has 10 aromatic carbocycles. The SMILES string of the molecule is c1ccc(-c2nc(-c3ccccc3)nc(-c3ccc4c(c3)C3c5ccccc5C4c4cc(-c5nc(-c6ccccc6)nc(-c6cccc(-c7cccc8c9ccccc9n(-c9ccccc9)c78)c6)n5)ccc43)n2)cc1. The van der Waals surface area contributed by atoms with Crippen molar-refractivity contribution in [3.05, 3.63) is 282 Å². The van der Waals surface area contributed by atoms with Crippen LogP contribution in [0, 0.1) is 0 Å². The van der Waals surface area contributed by atoms with Crippen LogP contribution in [0.5, 0.6) is 0 Å². The molecule has 2 bridgehead atoms. The highest BCUT2D eigenvalue weighted by Crippen LogP contribution is 2.56. The van der Waals surface area contributed by atoms with E-state index in [1.807, 2.05) is 54.6 Å². The van der Waals surface area contributed by atoms with Gasteiger partial charge < -0.3 is 4.57 Å². The van der Waals surface area contributed by atoms with Crippen LogP contribution in [0.25, 0.3) is 107 Å². The molecule has 3 aromatic heterocycles. The van der Waals surface area contributed by atoms with Gasteiger partial charge in [0, 0.05) is 67.2 Å². The summed E-state index contributed by atoms with van der Waals surface area (Å²) in [6, 6.07) is 87.7. The lowest BCUT2D eigenvalue weighted by Gasteiger charge is -2.42. The van der Waals surface area contributed by atoms with Crippen molar-refractivity contribution < 1.29 is 0 Å². The zero-order valence-electron chi connectivity index (χ0n) is 40.5. The minimum absolute atomic E-state index is 0.00379. The summed E-state index contributed by atoms with van der Waals surface area (Å²) >= 11 is 0. The molecule has 2 unspecified atom stereocenters. The van der Waals surface area contributed by atoms with Gasteiger partial charge in [-0.3, -0.25) is 0 Å². The van der Waals surface area contributed by atoms with Crippen molar-refractivity contribution in [1.29, 1.82) is 0 Å². The van der Waals surface area contributed by atoms with E-state index < -0.39 is 0 Å². The van der Waals surface area contributed by atoms with Gasteiger partial charge in [0.25, 0.3) is 0 Å². The van der Waals surface area contributed by atoms with Gasteiger partial charge in [0.1, 0.15) is 0 Å². The number of fused-ring (bicyclic) bond motifs is 3. The van der Waals surface area contributed by atoms with Gasteiger partial charge in [-0.25, -0.2) is 29.9 Å². The van der Waals surface area contributed by atoms with E-state index >= 15 is 0 Å². The first-order chi connectivity index (χ1) is 37.2. The number of hydrogen-bond donors (Lipinski definition) is 0.